The Morgan fingerprint density at radius 1 is 0.897 bits per heavy atom. The van der Waals surface area contributed by atoms with E-state index in [4.69, 9.17) is 16.2 Å². The summed E-state index contributed by atoms with van der Waals surface area (Å²) in [6.45, 7) is 0. The fraction of sp³-hybridized carbons (Fsp3) is 0.118. The summed E-state index contributed by atoms with van der Waals surface area (Å²) in [5, 5.41) is 0.185. The summed E-state index contributed by atoms with van der Waals surface area (Å²) in [5.74, 6) is -2.11. The highest BCUT2D eigenvalue weighted by Gasteiger charge is 2.39. The average Bonchev–Trinajstić information content (AvgIpc) is 2.60. The number of rotatable bonds is 2. The molecule has 0 amide bonds. The predicted molar refractivity (Wildman–Crippen MR) is 89.8 cm³/mol. The van der Waals surface area contributed by atoms with Gasteiger partial charge >= 0.3 is 18.3 Å². The number of halogens is 6. The Morgan fingerprint density at radius 3 is 2.21 bits per heavy atom. The summed E-state index contributed by atoms with van der Waals surface area (Å²) in [4.78, 5) is 19.8. The third kappa shape index (κ3) is 4.15. The molecule has 0 aliphatic rings. The van der Waals surface area contributed by atoms with Crippen molar-refractivity contribution in [2.24, 2.45) is 0 Å². The van der Waals surface area contributed by atoms with Gasteiger partial charge in [-0.25, -0.2) is 9.78 Å². The molecule has 12 heteroatoms. The Bertz CT molecular complexity index is 1110. The van der Waals surface area contributed by atoms with Gasteiger partial charge in [0.1, 0.15) is 11.6 Å². The van der Waals surface area contributed by atoms with Crippen LogP contribution in [-0.4, -0.2) is 15.9 Å². The third-order valence-corrected chi connectivity index (χ3v) is 3.80. The quantitative estimate of drug-likeness (QED) is 0.371. The van der Waals surface area contributed by atoms with E-state index in [1.807, 2.05) is 0 Å². The van der Waals surface area contributed by atoms with Crippen molar-refractivity contribution in [1.82, 2.24) is 9.97 Å². The smallest absolute Gasteiger partial charge is 0.417 e. The molecule has 152 valence electrons. The zero-order valence-electron chi connectivity index (χ0n) is 14.1. The number of nitrogens with two attached hydrogens (primary N) is 2. The first kappa shape index (κ1) is 20.2. The van der Waals surface area contributed by atoms with E-state index in [0.29, 0.717) is 0 Å². The van der Waals surface area contributed by atoms with Crippen LogP contribution in [0.15, 0.2) is 36.4 Å². The molecule has 0 atom stereocenters. The SMILES string of the molecule is Nc1nc(N)c2cc(OC(=O)c3cc(C(F)(F)F)ccc3C(F)(F)F)ccc2n1. The Morgan fingerprint density at radius 2 is 1.59 bits per heavy atom. The molecule has 0 aliphatic heterocycles. The lowest BCUT2D eigenvalue weighted by molar-refractivity contribution is -0.141. The van der Waals surface area contributed by atoms with Gasteiger partial charge in [0.25, 0.3) is 0 Å². The molecule has 4 N–H and O–H groups in total. The van der Waals surface area contributed by atoms with Gasteiger partial charge in [0.15, 0.2) is 0 Å². The molecule has 0 unspecified atom stereocenters. The number of benzene rings is 2. The van der Waals surface area contributed by atoms with Crippen LogP contribution in [-0.2, 0) is 12.4 Å². The molecule has 3 rings (SSSR count). The summed E-state index contributed by atoms with van der Waals surface area (Å²) in [5.41, 5.74) is 7.11. The van der Waals surface area contributed by atoms with Crippen molar-refractivity contribution < 1.29 is 35.9 Å². The standard InChI is InChI=1S/C17H10F6N4O2/c18-16(19,20)7-1-3-11(17(21,22)23)9(5-7)14(28)29-8-2-4-12-10(6-8)13(24)27-15(25)26-12/h1-6H,(H4,24,25,26,27). The van der Waals surface area contributed by atoms with Crippen LogP contribution < -0.4 is 16.2 Å². The molecule has 0 radical (unpaired) electrons. The van der Waals surface area contributed by atoms with E-state index < -0.39 is 35.0 Å². The maximum absolute atomic E-state index is 13.1. The fourth-order valence-corrected chi connectivity index (χ4v) is 2.51. The maximum Gasteiger partial charge on any atom is 0.417 e. The number of fused-ring (bicyclic) bond motifs is 1. The van der Waals surface area contributed by atoms with Crippen molar-refractivity contribution in [3.8, 4) is 5.75 Å². The van der Waals surface area contributed by atoms with E-state index in [2.05, 4.69) is 9.97 Å². The van der Waals surface area contributed by atoms with Crippen molar-refractivity contribution in [2.45, 2.75) is 12.4 Å². The Hall–Kier alpha value is -3.57. The minimum Gasteiger partial charge on any atom is -0.423 e. The summed E-state index contributed by atoms with van der Waals surface area (Å²) < 4.78 is 82.9. The van der Waals surface area contributed by atoms with Crippen LogP contribution in [0.25, 0.3) is 10.9 Å². The lowest BCUT2D eigenvalue weighted by atomic mass is 10.0. The number of carbonyl (C=O) groups excluding carboxylic acids is 1. The number of nitrogen functional groups attached to an aromatic ring is 2. The number of nitrogens with zero attached hydrogens (tertiary/aromatic N) is 2. The lowest BCUT2D eigenvalue weighted by Gasteiger charge is -2.15. The largest absolute Gasteiger partial charge is 0.423 e. The van der Waals surface area contributed by atoms with Gasteiger partial charge in [-0.1, -0.05) is 0 Å². The van der Waals surface area contributed by atoms with Crippen LogP contribution in [0.1, 0.15) is 21.5 Å². The van der Waals surface area contributed by atoms with E-state index in [-0.39, 0.29) is 46.6 Å². The van der Waals surface area contributed by atoms with Gasteiger partial charge in [0.2, 0.25) is 5.95 Å². The summed E-state index contributed by atoms with van der Waals surface area (Å²) in [6, 6.07) is 4.13. The molecular formula is C17H10F6N4O2. The van der Waals surface area contributed by atoms with Gasteiger partial charge in [-0.15, -0.1) is 0 Å². The van der Waals surface area contributed by atoms with Gasteiger partial charge in [-0.05, 0) is 36.4 Å². The van der Waals surface area contributed by atoms with Crippen LogP contribution in [0.2, 0.25) is 0 Å². The highest BCUT2D eigenvalue weighted by molar-refractivity contribution is 5.95. The normalized spacial score (nSPS) is 12.2. The zero-order chi connectivity index (χ0) is 21.6. The molecule has 0 aliphatic carbocycles. The van der Waals surface area contributed by atoms with E-state index in [1.165, 1.54) is 12.1 Å². The highest BCUT2D eigenvalue weighted by Crippen LogP contribution is 2.37. The van der Waals surface area contributed by atoms with Crippen molar-refractivity contribution in [3.63, 3.8) is 0 Å². The number of esters is 1. The molecule has 1 heterocycles. The van der Waals surface area contributed by atoms with Gasteiger partial charge in [0, 0.05) is 5.39 Å². The number of ether oxygens (including phenoxy) is 1. The maximum atomic E-state index is 13.1. The predicted octanol–water partition coefficient (Wildman–Crippen LogP) is 4.05. The molecule has 0 spiro atoms. The zero-order valence-corrected chi connectivity index (χ0v) is 14.1. The minimum absolute atomic E-state index is 0.0829. The molecule has 3 aromatic rings. The topological polar surface area (TPSA) is 104 Å². The van der Waals surface area contributed by atoms with Crippen molar-refractivity contribution in [2.75, 3.05) is 11.5 Å². The lowest BCUT2D eigenvalue weighted by Crippen LogP contribution is -2.19. The molecule has 29 heavy (non-hydrogen) atoms. The highest BCUT2D eigenvalue weighted by atomic mass is 19.4. The first-order valence-electron chi connectivity index (χ1n) is 7.69. The van der Waals surface area contributed by atoms with Crippen molar-refractivity contribution in [1.29, 1.82) is 0 Å². The number of alkyl halides is 6. The van der Waals surface area contributed by atoms with Crippen LogP contribution in [0.3, 0.4) is 0 Å². The number of hydrogen-bond acceptors (Lipinski definition) is 6. The van der Waals surface area contributed by atoms with Crippen LogP contribution in [0.4, 0.5) is 38.1 Å². The van der Waals surface area contributed by atoms with Gasteiger partial charge in [-0.3, -0.25) is 0 Å². The second kappa shape index (κ2) is 6.79. The fourth-order valence-electron chi connectivity index (χ4n) is 2.51. The van der Waals surface area contributed by atoms with Crippen molar-refractivity contribution in [3.05, 3.63) is 53.1 Å². The van der Waals surface area contributed by atoms with Gasteiger partial charge < -0.3 is 16.2 Å². The van der Waals surface area contributed by atoms with Crippen molar-refractivity contribution >= 4 is 28.6 Å². The average molecular weight is 416 g/mol. The molecule has 2 aromatic carbocycles. The molecule has 0 saturated carbocycles. The van der Waals surface area contributed by atoms with Crippen LogP contribution in [0, 0.1) is 0 Å². The van der Waals surface area contributed by atoms with Crippen LogP contribution >= 0.6 is 0 Å². The van der Waals surface area contributed by atoms with Gasteiger partial charge in [-0.2, -0.15) is 31.3 Å². The van der Waals surface area contributed by atoms with E-state index in [9.17, 15) is 31.1 Å². The number of aromatic nitrogens is 2. The summed E-state index contributed by atoms with van der Waals surface area (Å²) in [6.07, 6.45) is -10.0. The molecule has 0 fully saturated rings. The minimum atomic E-state index is -5.07. The second-order valence-corrected chi connectivity index (χ2v) is 5.79. The first-order valence-corrected chi connectivity index (χ1v) is 7.69. The van der Waals surface area contributed by atoms with E-state index in [1.54, 1.807) is 0 Å². The van der Waals surface area contributed by atoms with Crippen LogP contribution in [0.5, 0.6) is 5.75 Å². The Labute approximate surface area is 158 Å². The van der Waals surface area contributed by atoms with E-state index >= 15 is 0 Å². The molecule has 0 bridgehead atoms. The molecule has 0 saturated heterocycles. The van der Waals surface area contributed by atoms with E-state index in [0.717, 1.165) is 6.07 Å². The number of carbonyl (C=O) groups is 1. The van der Waals surface area contributed by atoms with Gasteiger partial charge in [0.05, 0.1) is 22.2 Å². The Balaban J connectivity index is 2.03. The second-order valence-electron chi connectivity index (χ2n) is 5.79. The monoisotopic (exact) mass is 416 g/mol. The molecule has 6 nitrogen and oxygen atoms in total. The number of hydrogen-bond donors (Lipinski definition) is 2. The number of anilines is 2. The Kier molecular flexibility index (Phi) is 4.73. The summed E-state index contributed by atoms with van der Waals surface area (Å²) in [7, 11) is 0. The first-order chi connectivity index (χ1) is 13.4. The summed E-state index contributed by atoms with van der Waals surface area (Å²) >= 11 is 0. The third-order valence-electron chi connectivity index (χ3n) is 3.80. The molecular weight excluding hydrogens is 406 g/mol. The molecule has 1 aromatic heterocycles.